The fraction of sp³-hybridized carbons (Fsp3) is 0.700. The lowest BCUT2D eigenvalue weighted by Crippen LogP contribution is -2.50. The number of anilines is 1. The smallest absolute Gasteiger partial charge is 0.211 e. The molecule has 0 spiro atoms. The highest BCUT2D eigenvalue weighted by Crippen LogP contribution is 2.19. The molecule has 170 valence electrons. The predicted molar refractivity (Wildman–Crippen MR) is 133 cm³/mol. The van der Waals surface area contributed by atoms with Gasteiger partial charge in [-0.1, -0.05) is 6.07 Å². The molecule has 1 aromatic rings. The Hall–Kier alpha value is -1.14. The topological polar surface area (TPSA) is 89.9 Å². The summed E-state index contributed by atoms with van der Waals surface area (Å²) < 4.78 is 24.8. The molecular weight excluding hydrogens is 515 g/mol. The van der Waals surface area contributed by atoms with E-state index in [0.29, 0.717) is 25.0 Å². The zero-order chi connectivity index (χ0) is 20.9. The number of pyridine rings is 1. The van der Waals surface area contributed by atoms with E-state index in [1.54, 1.807) is 11.4 Å². The minimum absolute atomic E-state index is 0. The molecule has 2 fully saturated rings. The lowest BCUT2D eigenvalue weighted by Gasteiger charge is -2.34. The van der Waals surface area contributed by atoms with E-state index in [9.17, 15) is 8.42 Å². The molecule has 0 aromatic carbocycles. The maximum Gasteiger partial charge on any atom is 0.211 e. The van der Waals surface area contributed by atoms with Crippen LogP contribution in [0.25, 0.3) is 0 Å². The van der Waals surface area contributed by atoms with Gasteiger partial charge in [0.1, 0.15) is 5.82 Å². The molecule has 0 unspecified atom stereocenters. The largest absolute Gasteiger partial charge is 0.356 e. The van der Waals surface area contributed by atoms with Gasteiger partial charge >= 0.3 is 0 Å². The number of aromatic nitrogens is 1. The first-order chi connectivity index (χ1) is 13.8. The van der Waals surface area contributed by atoms with Crippen LogP contribution in [0.1, 0.15) is 31.4 Å². The molecule has 2 aliphatic rings. The molecule has 0 bridgehead atoms. The number of nitrogens with one attached hydrogen (secondary N) is 2. The predicted octanol–water partition coefficient (Wildman–Crippen LogP) is 1.81. The second kappa shape index (κ2) is 11.5. The van der Waals surface area contributed by atoms with Crippen LogP contribution in [0.3, 0.4) is 0 Å². The molecule has 30 heavy (non-hydrogen) atoms. The van der Waals surface area contributed by atoms with Crippen LogP contribution >= 0.6 is 24.0 Å². The number of hydrogen-bond donors (Lipinski definition) is 2. The molecule has 0 saturated carbocycles. The van der Waals surface area contributed by atoms with Crippen molar-refractivity contribution in [2.24, 2.45) is 10.9 Å². The first kappa shape index (κ1) is 25.1. The van der Waals surface area contributed by atoms with Crippen LogP contribution in [-0.2, 0) is 10.0 Å². The molecular formula is C20H35IN6O2S. The van der Waals surface area contributed by atoms with Crippen LogP contribution in [0.15, 0.2) is 23.2 Å². The van der Waals surface area contributed by atoms with Gasteiger partial charge in [0.05, 0.1) is 6.26 Å². The van der Waals surface area contributed by atoms with Gasteiger partial charge in [0.2, 0.25) is 10.0 Å². The van der Waals surface area contributed by atoms with E-state index in [-0.39, 0.29) is 24.0 Å². The molecule has 0 radical (unpaired) electrons. The van der Waals surface area contributed by atoms with E-state index in [0.717, 1.165) is 62.8 Å². The third-order valence-electron chi connectivity index (χ3n) is 5.86. The van der Waals surface area contributed by atoms with Gasteiger partial charge < -0.3 is 15.5 Å². The van der Waals surface area contributed by atoms with Crippen LogP contribution in [0.2, 0.25) is 0 Å². The third-order valence-corrected chi connectivity index (χ3v) is 7.16. The molecule has 2 saturated heterocycles. The Balaban J connectivity index is 0.00000320. The van der Waals surface area contributed by atoms with Crippen molar-refractivity contribution in [1.29, 1.82) is 0 Å². The Bertz CT molecular complexity index is 803. The molecule has 0 atom stereocenters. The van der Waals surface area contributed by atoms with Crippen LogP contribution in [-0.4, -0.2) is 75.7 Å². The SMILES string of the molecule is CN=C(NCC1CCN(S(C)(=O)=O)CC1)NC1CCN(c2cccc(C)n2)CC1.I. The number of halogens is 1. The van der Waals surface area contributed by atoms with Crippen LogP contribution in [0.5, 0.6) is 0 Å². The lowest BCUT2D eigenvalue weighted by molar-refractivity contribution is 0.274. The molecule has 2 N–H and O–H groups in total. The Morgan fingerprint density at radius 1 is 1.17 bits per heavy atom. The second-order valence-corrected chi connectivity index (χ2v) is 10.1. The molecule has 0 amide bonds. The van der Waals surface area contributed by atoms with Crippen molar-refractivity contribution in [1.82, 2.24) is 19.9 Å². The minimum Gasteiger partial charge on any atom is -0.356 e. The number of sulfonamides is 1. The number of guanidine groups is 1. The zero-order valence-electron chi connectivity index (χ0n) is 18.2. The molecule has 1 aromatic heterocycles. The van der Waals surface area contributed by atoms with E-state index in [4.69, 9.17) is 0 Å². The van der Waals surface area contributed by atoms with Gasteiger partial charge in [-0.3, -0.25) is 4.99 Å². The van der Waals surface area contributed by atoms with Crippen molar-refractivity contribution in [3.8, 4) is 0 Å². The molecule has 3 heterocycles. The van der Waals surface area contributed by atoms with Crippen LogP contribution in [0, 0.1) is 12.8 Å². The minimum atomic E-state index is -3.06. The summed E-state index contributed by atoms with van der Waals surface area (Å²) in [6.07, 6.45) is 5.15. The maximum absolute atomic E-state index is 11.6. The zero-order valence-corrected chi connectivity index (χ0v) is 21.3. The number of rotatable bonds is 5. The van der Waals surface area contributed by atoms with E-state index in [1.165, 1.54) is 6.26 Å². The second-order valence-electron chi connectivity index (χ2n) is 8.10. The van der Waals surface area contributed by atoms with E-state index >= 15 is 0 Å². The highest BCUT2D eigenvalue weighted by Gasteiger charge is 2.25. The van der Waals surface area contributed by atoms with E-state index in [2.05, 4.69) is 37.6 Å². The molecule has 10 heteroatoms. The first-order valence-electron chi connectivity index (χ1n) is 10.5. The number of piperidine rings is 2. The van der Waals surface area contributed by atoms with Gasteiger partial charge in [0.25, 0.3) is 0 Å². The quantitative estimate of drug-likeness (QED) is 0.331. The van der Waals surface area contributed by atoms with Gasteiger partial charge in [-0.15, -0.1) is 24.0 Å². The first-order valence-corrected chi connectivity index (χ1v) is 12.3. The summed E-state index contributed by atoms with van der Waals surface area (Å²) in [5, 5.41) is 6.98. The summed E-state index contributed by atoms with van der Waals surface area (Å²) >= 11 is 0. The van der Waals surface area contributed by atoms with Crippen molar-refractivity contribution >= 4 is 45.8 Å². The summed E-state index contributed by atoms with van der Waals surface area (Å²) in [6, 6.07) is 6.57. The monoisotopic (exact) mass is 550 g/mol. The molecule has 8 nitrogen and oxygen atoms in total. The third kappa shape index (κ3) is 7.23. The van der Waals surface area contributed by atoms with Crippen molar-refractivity contribution in [2.75, 3.05) is 50.9 Å². The number of aryl methyl sites for hydroxylation is 1. The van der Waals surface area contributed by atoms with Crippen molar-refractivity contribution in [2.45, 2.75) is 38.6 Å². The summed E-state index contributed by atoms with van der Waals surface area (Å²) in [6.45, 7) is 6.04. The number of nitrogens with zero attached hydrogens (tertiary/aromatic N) is 4. The van der Waals surface area contributed by atoms with Gasteiger partial charge in [0.15, 0.2) is 5.96 Å². The summed E-state index contributed by atoms with van der Waals surface area (Å²) in [4.78, 5) is 11.3. The highest BCUT2D eigenvalue weighted by atomic mass is 127. The molecule has 3 rings (SSSR count). The Morgan fingerprint density at radius 3 is 2.40 bits per heavy atom. The fourth-order valence-electron chi connectivity index (χ4n) is 4.03. The lowest BCUT2D eigenvalue weighted by atomic mass is 9.98. The van der Waals surface area contributed by atoms with E-state index in [1.807, 2.05) is 13.0 Å². The van der Waals surface area contributed by atoms with Crippen LogP contribution < -0.4 is 15.5 Å². The Morgan fingerprint density at radius 2 is 1.83 bits per heavy atom. The maximum atomic E-state index is 11.6. The summed E-state index contributed by atoms with van der Waals surface area (Å²) in [5.74, 6) is 2.37. The van der Waals surface area contributed by atoms with Gasteiger partial charge in [-0.05, 0) is 50.7 Å². The standard InChI is InChI=1S/C20H34N6O2S.HI/c1-16-5-4-6-19(23-16)25-11-9-18(10-12-25)24-20(21-2)22-15-17-7-13-26(14-8-17)29(3,27)28;/h4-6,17-18H,7-15H2,1-3H3,(H2,21,22,24);1H. The summed E-state index contributed by atoms with van der Waals surface area (Å²) in [5.41, 5.74) is 1.05. The molecule has 2 aliphatic heterocycles. The number of aliphatic imine (C=N–C) groups is 1. The average molecular weight is 551 g/mol. The molecule has 0 aliphatic carbocycles. The highest BCUT2D eigenvalue weighted by molar-refractivity contribution is 14.0. The van der Waals surface area contributed by atoms with Gasteiger partial charge in [0, 0.05) is 51.5 Å². The average Bonchev–Trinajstić information content (AvgIpc) is 2.71. The fourth-order valence-corrected chi connectivity index (χ4v) is 4.91. The summed E-state index contributed by atoms with van der Waals surface area (Å²) in [7, 11) is -1.26. The Kier molecular flexibility index (Phi) is 9.61. The van der Waals surface area contributed by atoms with Gasteiger partial charge in [-0.2, -0.15) is 0 Å². The Labute approximate surface area is 198 Å². The van der Waals surface area contributed by atoms with Crippen LogP contribution in [0.4, 0.5) is 5.82 Å². The number of hydrogen-bond acceptors (Lipinski definition) is 5. The van der Waals surface area contributed by atoms with E-state index < -0.39 is 10.0 Å². The van der Waals surface area contributed by atoms with Crippen molar-refractivity contribution < 1.29 is 8.42 Å². The normalized spacial score (nSPS) is 20.0. The van der Waals surface area contributed by atoms with Crippen molar-refractivity contribution in [3.63, 3.8) is 0 Å². The van der Waals surface area contributed by atoms with Gasteiger partial charge in [-0.25, -0.2) is 17.7 Å². The van der Waals surface area contributed by atoms with Crippen molar-refractivity contribution in [3.05, 3.63) is 23.9 Å².